The van der Waals surface area contributed by atoms with Gasteiger partial charge in [-0.05, 0) is 28.5 Å². The molecule has 0 saturated carbocycles. The molecule has 3 aromatic carbocycles. The van der Waals surface area contributed by atoms with Crippen LogP contribution in [0, 0.1) is 0 Å². The minimum absolute atomic E-state index is 0.375. The number of halogens is 2. The van der Waals surface area contributed by atoms with Crippen LogP contribution in [-0.2, 0) is 6.42 Å². The summed E-state index contributed by atoms with van der Waals surface area (Å²) in [7, 11) is 0. The highest BCUT2D eigenvalue weighted by Gasteiger charge is 2.18. The molecule has 23 heavy (non-hydrogen) atoms. The minimum atomic E-state index is -2.60. The van der Waals surface area contributed by atoms with Gasteiger partial charge in [0, 0.05) is 6.42 Å². The monoisotopic (exact) mass is 308 g/mol. The third-order valence-electron chi connectivity index (χ3n) is 4.09. The van der Waals surface area contributed by atoms with Crippen molar-refractivity contribution in [1.82, 2.24) is 9.55 Å². The predicted molar refractivity (Wildman–Crippen MR) is 87.7 cm³/mol. The molecule has 0 saturated heterocycles. The summed E-state index contributed by atoms with van der Waals surface area (Å²) in [6, 6.07) is 20.9. The van der Waals surface area contributed by atoms with Crippen LogP contribution in [0.3, 0.4) is 0 Å². The number of imidazole rings is 1. The maximum Gasteiger partial charge on any atom is 0.320 e. The summed E-state index contributed by atoms with van der Waals surface area (Å²) in [6.07, 6.45) is 0.375. The molecule has 0 spiro atoms. The van der Waals surface area contributed by atoms with Crippen molar-refractivity contribution in [2.24, 2.45) is 0 Å². The molecule has 0 atom stereocenters. The molecule has 0 radical (unpaired) electrons. The van der Waals surface area contributed by atoms with Crippen molar-refractivity contribution in [3.63, 3.8) is 0 Å². The van der Waals surface area contributed by atoms with Crippen molar-refractivity contribution in [2.45, 2.75) is 13.0 Å². The molecule has 0 aliphatic heterocycles. The molecule has 1 aromatic heterocycles. The molecule has 0 aliphatic carbocycles. The van der Waals surface area contributed by atoms with E-state index in [1.807, 2.05) is 48.5 Å². The van der Waals surface area contributed by atoms with Gasteiger partial charge in [0.05, 0.1) is 11.0 Å². The lowest BCUT2D eigenvalue weighted by atomic mass is 10.0. The van der Waals surface area contributed by atoms with E-state index in [0.717, 1.165) is 20.9 Å². The SMILES string of the molecule is FC(F)n1c(Cc2cccc3ccccc23)nc2ccccc21. The zero-order valence-electron chi connectivity index (χ0n) is 12.3. The molecule has 0 fully saturated rings. The Morgan fingerprint density at radius 1 is 0.870 bits per heavy atom. The van der Waals surface area contributed by atoms with E-state index in [1.54, 1.807) is 18.2 Å². The van der Waals surface area contributed by atoms with E-state index in [2.05, 4.69) is 4.98 Å². The Kier molecular flexibility index (Phi) is 3.30. The van der Waals surface area contributed by atoms with Crippen molar-refractivity contribution in [3.05, 3.63) is 78.1 Å². The fourth-order valence-electron chi connectivity index (χ4n) is 3.05. The van der Waals surface area contributed by atoms with Crippen LogP contribution in [0.15, 0.2) is 66.7 Å². The second-order valence-corrected chi connectivity index (χ2v) is 5.48. The average Bonchev–Trinajstić information content (AvgIpc) is 2.93. The number of hydrogen-bond donors (Lipinski definition) is 0. The van der Waals surface area contributed by atoms with Gasteiger partial charge < -0.3 is 0 Å². The Labute approximate surface area is 132 Å². The number of para-hydroxylation sites is 2. The van der Waals surface area contributed by atoms with Gasteiger partial charge in [0.2, 0.25) is 0 Å². The summed E-state index contributed by atoms with van der Waals surface area (Å²) < 4.78 is 28.1. The Morgan fingerprint density at radius 3 is 2.48 bits per heavy atom. The minimum Gasteiger partial charge on any atom is -0.270 e. The molecular weight excluding hydrogens is 294 g/mol. The number of alkyl halides is 2. The van der Waals surface area contributed by atoms with E-state index < -0.39 is 6.55 Å². The Morgan fingerprint density at radius 2 is 1.61 bits per heavy atom. The molecule has 0 bridgehead atoms. The van der Waals surface area contributed by atoms with Gasteiger partial charge in [0.25, 0.3) is 0 Å². The summed E-state index contributed by atoms with van der Waals surface area (Å²) >= 11 is 0. The van der Waals surface area contributed by atoms with Crippen molar-refractivity contribution in [2.75, 3.05) is 0 Å². The quantitative estimate of drug-likeness (QED) is 0.510. The van der Waals surface area contributed by atoms with Crippen molar-refractivity contribution in [1.29, 1.82) is 0 Å². The topological polar surface area (TPSA) is 17.8 Å². The fourth-order valence-corrected chi connectivity index (χ4v) is 3.05. The maximum atomic E-state index is 13.5. The van der Waals surface area contributed by atoms with Crippen LogP contribution in [0.2, 0.25) is 0 Å². The molecule has 0 unspecified atom stereocenters. The van der Waals surface area contributed by atoms with E-state index in [9.17, 15) is 8.78 Å². The molecule has 2 nitrogen and oxygen atoms in total. The molecule has 4 rings (SSSR count). The first-order valence-electron chi connectivity index (χ1n) is 7.44. The summed E-state index contributed by atoms with van der Waals surface area (Å²) in [6.45, 7) is -2.60. The Balaban J connectivity index is 1.88. The molecule has 4 heteroatoms. The number of benzene rings is 3. The van der Waals surface area contributed by atoms with Gasteiger partial charge in [-0.2, -0.15) is 8.78 Å². The number of fused-ring (bicyclic) bond motifs is 2. The second kappa shape index (κ2) is 5.47. The van der Waals surface area contributed by atoms with E-state index >= 15 is 0 Å². The van der Waals surface area contributed by atoms with Crippen molar-refractivity contribution >= 4 is 21.8 Å². The second-order valence-electron chi connectivity index (χ2n) is 5.48. The van der Waals surface area contributed by atoms with Gasteiger partial charge in [-0.25, -0.2) is 4.98 Å². The number of rotatable bonds is 3. The lowest BCUT2D eigenvalue weighted by Crippen LogP contribution is -2.05. The first kappa shape index (κ1) is 13.9. The standard InChI is InChI=1S/C19H14F2N2/c20-19(21)23-17-11-4-3-10-16(17)22-18(23)12-14-8-5-7-13-6-1-2-9-15(13)14/h1-11,19H,12H2. The van der Waals surface area contributed by atoms with Crippen molar-refractivity contribution < 1.29 is 8.78 Å². The highest BCUT2D eigenvalue weighted by atomic mass is 19.3. The van der Waals surface area contributed by atoms with Gasteiger partial charge in [-0.3, -0.25) is 4.57 Å². The highest BCUT2D eigenvalue weighted by molar-refractivity contribution is 5.86. The smallest absolute Gasteiger partial charge is 0.270 e. The van der Waals surface area contributed by atoms with Crippen LogP contribution in [-0.4, -0.2) is 9.55 Å². The zero-order chi connectivity index (χ0) is 15.8. The van der Waals surface area contributed by atoms with Crippen LogP contribution >= 0.6 is 0 Å². The lowest BCUT2D eigenvalue weighted by Gasteiger charge is -2.09. The fraction of sp³-hybridized carbons (Fsp3) is 0.105. The molecular formula is C19H14F2N2. The van der Waals surface area contributed by atoms with Crippen LogP contribution in [0.5, 0.6) is 0 Å². The first-order valence-corrected chi connectivity index (χ1v) is 7.44. The molecule has 114 valence electrons. The summed E-state index contributed by atoms with van der Waals surface area (Å²) in [4.78, 5) is 4.42. The van der Waals surface area contributed by atoms with Gasteiger partial charge in [-0.1, -0.05) is 54.6 Å². The van der Waals surface area contributed by atoms with Crippen LogP contribution in [0.25, 0.3) is 21.8 Å². The van der Waals surface area contributed by atoms with E-state index in [4.69, 9.17) is 0 Å². The average molecular weight is 308 g/mol. The van der Waals surface area contributed by atoms with Gasteiger partial charge in [0.15, 0.2) is 0 Å². The Hall–Kier alpha value is -2.75. The first-order chi connectivity index (χ1) is 11.2. The normalized spacial score (nSPS) is 11.6. The molecule has 1 heterocycles. The predicted octanol–water partition coefficient (Wildman–Crippen LogP) is 5.18. The molecule has 0 amide bonds. The van der Waals surface area contributed by atoms with Crippen molar-refractivity contribution in [3.8, 4) is 0 Å². The molecule has 4 aromatic rings. The molecule has 0 aliphatic rings. The van der Waals surface area contributed by atoms with E-state index in [-0.39, 0.29) is 0 Å². The number of aromatic nitrogens is 2. The summed E-state index contributed by atoms with van der Waals surface area (Å²) in [5.74, 6) is 0.387. The highest BCUT2D eigenvalue weighted by Crippen LogP contribution is 2.27. The van der Waals surface area contributed by atoms with Gasteiger partial charge in [0.1, 0.15) is 5.82 Å². The van der Waals surface area contributed by atoms with Gasteiger partial charge >= 0.3 is 6.55 Å². The number of nitrogens with zero attached hydrogens (tertiary/aromatic N) is 2. The van der Waals surface area contributed by atoms with Crippen LogP contribution in [0.1, 0.15) is 17.9 Å². The van der Waals surface area contributed by atoms with E-state index in [1.165, 1.54) is 0 Å². The summed E-state index contributed by atoms with van der Waals surface area (Å²) in [5.41, 5.74) is 2.07. The van der Waals surface area contributed by atoms with Crippen LogP contribution in [0.4, 0.5) is 8.78 Å². The Bertz CT molecular complexity index is 984. The third-order valence-corrected chi connectivity index (χ3v) is 4.09. The lowest BCUT2D eigenvalue weighted by molar-refractivity contribution is 0.0719. The largest absolute Gasteiger partial charge is 0.320 e. The van der Waals surface area contributed by atoms with Crippen LogP contribution < -0.4 is 0 Å². The van der Waals surface area contributed by atoms with E-state index in [0.29, 0.717) is 23.3 Å². The zero-order valence-corrected chi connectivity index (χ0v) is 12.3. The summed E-state index contributed by atoms with van der Waals surface area (Å²) in [5, 5.41) is 2.17. The van der Waals surface area contributed by atoms with Gasteiger partial charge in [-0.15, -0.1) is 0 Å². The third kappa shape index (κ3) is 2.36. The maximum absolute atomic E-state index is 13.5. The number of hydrogen-bond acceptors (Lipinski definition) is 1. The molecule has 0 N–H and O–H groups in total.